The summed E-state index contributed by atoms with van der Waals surface area (Å²) >= 11 is 0. The summed E-state index contributed by atoms with van der Waals surface area (Å²) in [6, 6.07) is 7.02. The molecule has 1 aromatic heterocycles. The number of aromatic nitrogens is 2. The van der Waals surface area contributed by atoms with Crippen LogP contribution in [0.1, 0.15) is 60.2 Å². The molecule has 11 heteroatoms. The summed E-state index contributed by atoms with van der Waals surface area (Å²) in [6.45, 7) is 0.730. The van der Waals surface area contributed by atoms with Crippen LogP contribution < -0.4 is 11.1 Å². The van der Waals surface area contributed by atoms with Crippen molar-refractivity contribution in [2.24, 2.45) is 17.6 Å². The van der Waals surface area contributed by atoms with E-state index >= 15 is 0 Å². The molecule has 0 aliphatic heterocycles. The molecule has 4 atom stereocenters. The molecular weight excluding hydrogens is 451 g/mol. The zero-order valence-electron chi connectivity index (χ0n) is 18.3. The molecule has 2 aromatic rings. The van der Waals surface area contributed by atoms with Crippen molar-refractivity contribution in [3.63, 3.8) is 0 Å². The second kappa shape index (κ2) is 9.64. The zero-order valence-corrected chi connectivity index (χ0v) is 18.3. The molecule has 1 amide bonds. The van der Waals surface area contributed by atoms with Crippen LogP contribution in [0, 0.1) is 23.2 Å². The SMILES string of the molecule is N#C[C@H]1C[C@H](OCC2CC2)CC[C@@H]1n1cc(C(N)=O)c(Nc2ccc([C@@H](O)C(F)(F)F)cc2)n1. The van der Waals surface area contributed by atoms with Gasteiger partial charge in [0.25, 0.3) is 5.91 Å². The van der Waals surface area contributed by atoms with Gasteiger partial charge in [-0.05, 0) is 55.7 Å². The van der Waals surface area contributed by atoms with E-state index in [1.165, 1.54) is 31.2 Å². The van der Waals surface area contributed by atoms with Crippen molar-refractivity contribution < 1.29 is 27.8 Å². The molecular formula is C23H26F3N5O3. The number of hydrogen-bond acceptors (Lipinski definition) is 6. The van der Waals surface area contributed by atoms with Crippen LogP contribution in [0.4, 0.5) is 24.7 Å². The summed E-state index contributed by atoms with van der Waals surface area (Å²) < 4.78 is 45.7. The highest BCUT2D eigenvalue weighted by Gasteiger charge is 2.39. The number of halogens is 3. The van der Waals surface area contributed by atoms with E-state index in [9.17, 15) is 28.3 Å². The first-order valence-electron chi connectivity index (χ1n) is 11.2. The number of alkyl halides is 3. The normalized spacial score (nSPS) is 23.8. The molecule has 0 radical (unpaired) electrons. The Bertz CT molecular complexity index is 1060. The van der Waals surface area contributed by atoms with Crippen LogP contribution in [0.25, 0.3) is 0 Å². The number of nitriles is 1. The van der Waals surface area contributed by atoms with Gasteiger partial charge in [0, 0.05) is 18.5 Å². The van der Waals surface area contributed by atoms with Crippen molar-refractivity contribution in [2.75, 3.05) is 11.9 Å². The number of rotatable bonds is 8. The minimum Gasteiger partial charge on any atom is -0.379 e. The number of nitrogens with one attached hydrogen (secondary N) is 1. The number of primary amides is 1. The fourth-order valence-electron chi connectivity index (χ4n) is 4.19. The van der Waals surface area contributed by atoms with Gasteiger partial charge in [0.2, 0.25) is 0 Å². The van der Waals surface area contributed by atoms with E-state index in [1.54, 1.807) is 4.68 Å². The number of amides is 1. The van der Waals surface area contributed by atoms with Crippen molar-refractivity contribution in [1.82, 2.24) is 9.78 Å². The number of aliphatic hydroxyl groups is 1. The molecule has 34 heavy (non-hydrogen) atoms. The second-order valence-electron chi connectivity index (χ2n) is 8.94. The predicted molar refractivity (Wildman–Crippen MR) is 116 cm³/mol. The molecule has 4 rings (SSSR count). The fraction of sp³-hybridized carbons (Fsp3) is 0.522. The number of aliphatic hydroxyl groups excluding tert-OH is 1. The van der Waals surface area contributed by atoms with Gasteiger partial charge in [0.1, 0.15) is 5.56 Å². The lowest BCUT2D eigenvalue weighted by molar-refractivity contribution is -0.206. The molecule has 0 bridgehead atoms. The monoisotopic (exact) mass is 477 g/mol. The minimum atomic E-state index is -4.77. The Balaban J connectivity index is 1.48. The van der Waals surface area contributed by atoms with Crippen molar-refractivity contribution in [2.45, 2.75) is 56.5 Å². The van der Waals surface area contributed by atoms with Gasteiger partial charge >= 0.3 is 6.18 Å². The Morgan fingerprint density at radius 2 is 2.00 bits per heavy atom. The van der Waals surface area contributed by atoms with Crippen LogP contribution >= 0.6 is 0 Å². The molecule has 8 nitrogen and oxygen atoms in total. The smallest absolute Gasteiger partial charge is 0.379 e. The maximum Gasteiger partial charge on any atom is 0.418 e. The van der Waals surface area contributed by atoms with E-state index in [0.29, 0.717) is 24.4 Å². The summed E-state index contributed by atoms with van der Waals surface area (Å²) in [7, 11) is 0. The molecule has 182 valence electrons. The topological polar surface area (TPSA) is 126 Å². The molecule has 0 saturated heterocycles. The van der Waals surface area contributed by atoms with E-state index in [1.807, 2.05) is 0 Å². The highest BCUT2D eigenvalue weighted by Crippen LogP contribution is 2.38. The van der Waals surface area contributed by atoms with Gasteiger partial charge in [-0.3, -0.25) is 9.48 Å². The maximum absolute atomic E-state index is 12.7. The molecule has 1 aromatic carbocycles. The van der Waals surface area contributed by atoms with E-state index in [0.717, 1.165) is 25.2 Å². The van der Waals surface area contributed by atoms with E-state index in [-0.39, 0.29) is 35.0 Å². The third kappa shape index (κ3) is 5.51. The number of carbonyl (C=O) groups is 1. The number of benzene rings is 1. The third-order valence-corrected chi connectivity index (χ3v) is 6.33. The lowest BCUT2D eigenvalue weighted by atomic mass is 9.83. The predicted octanol–water partition coefficient (Wildman–Crippen LogP) is 3.98. The lowest BCUT2D eigenvalue weighted by Crippen LogP contribution is -2.31. The van der Waals surface area contributed by atoms with E-state index in [2.05, 4.69) is 16.5 Å². The van der Waals surface area contributed by atoms with Crippen LogP contribution in [0.3, 0.4) is 0 Å². The van der Waals surface area contributed by atoms with E-state index in [4.69, 9.17) is 10.5 Å². The molecule has 2 aliphatic rings. The summed E-state index contributed by atoms with van der Waals surface area (Å²) in [5, 5.41) is 26.4. The second-order valence-corrected chi connectivity index (χ2v) is 8.94. The Hall–Kier alpha value is -3.10. The quantitative estimate of drug-likeness (QED) is 0.528. The van der Waals surface area contributed by atoms with Crippen molar-refractivity contribution in [1.29, 1.82) is 5.26 Å². The van der Waals surface area contributed by atoms with Crippen LogP contribution in [0.5, 0.6) is 0 Å². The molecule has 0 spiro atoms. The standard InChI is InChI=1S/C23H26F3N5O3/c24-23(25,26)20(32)14-3-5-16(6-4-14)29-22-18(21(28)33)11-31(30-22)19-8-7-17(9-15(19)10-27)34-12-13-1-2-13/h3-6,11,13,15,17,19-20,32H,1-2,7-9,12H2,(H2,28,33)(H,29,30)/t15-,17-,19+,20-/m1/s1. The largest absolute Gasteiger partial charge is 0.418 e. The molecule has 2 fully saturated rings. The number of anilines is 2. The first kappa shape index (κ1) is 24.0. The summed E-state index contributed by atoms with van der Waals surface area (Å²) in [6.07, 6.45) is -1.46. The first-order valence-corrected chi connectivity index (χ1v) is 11.2. The lowest BCUT2D eigenvalue weighted by Gasteiger charge is -2.32. The highest BCUT2D eigenvalue weighted by atomic mass is 19.4. The Morgan fingerprint density at radius 1 is 1.29 bits per heavy atom. The molecule has 1 heterocycles. The number of hydrogen-bond donors (Lipinski definition) is 3. The average Bonchev–Trinajstić information content (AvgIpc) is 3.55. The van der Waals surface area contributed by atoms with Gasteiger partial charge in [0.05, 0.1) is 24.1 Å². The summed E-state index contributed by atoms with van der Waals surface area (Å²) in [5.41, 5.74) is 5.66. The van der Waals surface area contributed by atoms with Crippen LogP contribution in [0.2, 0.25) is 0 Å². The molecule has 2 aliphatic carbocycles. The van der Waals surface area contributed by atoms with Crippen molar-refractivity contribution >= 4 is 17.4 Å². The fourth-order valence-corrected chi connectivity index (χ4v) is 4.19. The van der Waals surface area contributed by atoms with Crippen molar-refractivity contribution in [3.05, 3.63) is 41.6 Å². The number of nitrogens with two attached hydrogens (primary N) is 1. The van der Waals surface area contributed by atoms with Gasteiger partial charge in [0.15, 0.2) is 11.9 Å². The summed E-state index contributed by atoms with van der Waals surface area (Å²) in [4.78, 5) is 12.0. The Kier molecular flexibility index (Phi) is 6.81. The van der Waals surface area contributed by atoms with Gasteiger partial charge in [-0.15, -0.1) is 0 Å². The first-order chi connectivity index (χ1) is 16.2. The minimum absolute atomic E-state index is 0.0239. The number of carbonyl (C=O) groups excluding carboxylic acids is 1. The van der Waals surface area contributed by atoms with Gasteiger partial charge in [-0.2, -0.15) is 23.5 Å². The molecule has 4 N–H and O–H groups in total. The Morgan fingerprint density at radius 3 is 2.59 bits per heavy atom. The number of ether oxygens (including phenoxy) is 1. The van der Waals surface area contributed by atoms with Crippen LogP contribution in [-0.2, 0) is 4.74 Å². The maximum atomic E-state index is 12.7. The average molecular weight is 477 g/mol. The third-order valence-electron chi connectivity index (χ3n) is 6.33. The van der Waals surface area contributed by atoms with Gasteiger partial charge < -0.3 is 20.9 Å². The van der Waals surface area contributed by atoms with Gasteiger partial charge in [-0.1, -0.05) is 12.1 Å². The highest BCUT2D eigenvalue weighted by molar-refractivity contribution is 5.98. The number of nitrogens with zero attached hydrogens (tertiary/aromatic N) is 3. The molecule has 2 saturated carbocycles. The Labute approximate surface area is 194 Å². The zero-order chi connectivity index (χ0) is 24.5. The van der Waals surface area contributed by atoms with Crippen LogP contribution in [0.15, 0.2) is 30.5 Å². The van der Waals surface area contributed by atoms with Gasteiger partial charge in [-0.25, -0.2) is 0 Å². The summed E-state index contributed by atoms with van der Waals surface area (Å²) in [5.74, 6) is -0.301. The van der Waals surface area contributed by atoms with Crippen LogP contribution in [-0.4, -0.2) is 39.7 Å². The van der Waals surface area contributed by atoms with Crippen molar-refractivity contribution in [3.8, 4) is 6.07 Å². The molecule has 0 unspecified atom stereocenters. The van der Waals surface area contributed by atoms with E-state index < -0.39 is 18.2 Å².